The Morgan fingerprint density at radius 1 is 1.15 bits per heavy atom. The first-order chi connectivity index (χ1) is 6.15. The highest BCUT2D eigenvalue weighted by Gasteiger charge is 2.03. The van der Waals surface area contributed by atoms with Crippen molar-refractivity contribution in [1.82, 2.24) is 0 Å². The summed E-state index contributed by atoms with van der Waals surface area (Å²) >= 11 is 0. The number of phenolic OH excluding ortho intramolecular Hbond substituents is 1. The Morgan fingerprint density at radius 2 is 1.77 bits per heavy atom. The minimum absolute atomic E-state index is 0.173. The van der Waals surface area contributed by atoms with Crippen molar-refractivity contribution in [3.8, 4) is 5.75 Å². The highest BCUT2D eigenvalue weighted by atomic mass is 16.3. The molecule has 0 atom stereocenters. The SMILES string of the molecule is Cc1cc(O)c(CCCO)cc1C. The molecule has 1 aromatic rings. The minimum atomic E-state index is 0.173. The van der Waals surface area contributed by atoms with E-state index in [2.05, 4.69) is 0 Å². The number of hydrogen-bond donors (Lipinski definition) is 2. The summed E-state index contributed by atoms with van der Waals surface area (Å²) in [6.07, 6.45) is 1.44. The molecule has 0 radical (unpaired) electrons. The first-order valence-electron chi connectivity index (χ1n) is 4.55. The van der Waals surface area contributed by atoms with Crippen molar-refractivity contribution in [2.24, 2.45) is 0 Å². The number of phenols is 1. The molecule has 2 heteroatoms. The lowest BCUT2D eigenvalue weighted by atomic mass is 10.0. The van der Waals surface area contributed by atoms with Gasteiger partial charge >= 0.3 is 0 Å². The van der Waals surface area contributed by atoms with Crippen molar-refractivity contribution < 1.29 is 10.2 Å². The van der Waals surface area contributed by atoms with Gasteiger partial charge in [0.1, 0.15) is 5.75 Å². The summed E-state index contributed by atoms with van der Waals surface area (Å²) in [7, 11) is 0. The minimum Gasteiger partial charge on any atom is -0.508 e. The molecule has 0 saturated heterocycles. The highest BCUT2D eigenvalue weighted by molar-refractivity contribution is 5.40. The molecule has 0 aliphatic heterocycles. The average molecular weight is 180 g/mol. The third-order valence-electron chi connectivity index (χ3n) is 2.30. The summed E-state index contributed by atoms with van der Waals surface area (Å²) in [5, 5.41) is 18.2. The lowest BCUT2D eigenvalue weighted by molar-refractivity contribution is 0.288. The fraction of sp³-hybridized carbons (Fsp3) is 0.455. The summed E-state index contributed by atoms with van der Waals surface area (Å²) in [5.41, 5.74) is 3.22. The van der Waals surface area contributed by atoms with Gasteiger partial charge in [-0.05, 0) is 49.4 Å². The summed E-state index contributed by atoms with van der Waals surface area (Å²) in [6.45, 7) is 4.18. The van der Waals surface area contributed by atoms with Gasteiger partial charge in [0, 0.05) is 6.61 Å². The molecule has 0 aliphatic carbocycles. The van der Waals surface area contributed by atoms with Gasteiger partial charge in [0.2, 0.25) is 0 Å². The molecule has 0 unspecified atom stereocenters. The van der Waals surface area contributed by atoms with E-state index in [0.29, 0.717) is 12.2 Å². The first-order valence-corrected chi connectivity index (χ1v) is 4.55. The maximum absolute atomic E-state index is 9.56. The number of aryl methyl sites for hydroxylation is 3. The topological polar surface area (TPSA) is 40.5 Å². The normalized spacial score (nSPS) is 10.4. The Labute approximate surface area is 78.8 Å². The molecule has 0 aromatic heterocycles. The van der Waals surface area contributed by atoms with Crippen LogP contribution in [0.4, 0.5) is 0 Å². The quantitative estimate of drug-likeness (QED) is 0.746. The Morgan fingerprint density at radius 3 is 2.38 bits per heavy atom. The van der Waals surface area contributed by atoms with E-state index < -0.39 is 0 Å². The van der Waals surface area contributed by atoms with Gasteiger partial charge in [-0.1, -0.05) is 6.07 Å². The monoisotopic (exact) mass is 180 g/mol. The standard InChI is InChI=1S/C11H16O2/c1-8-6-10(4-3-5-12)11(13)7-9(8)2/h6-7,12-13H,3-5H2,1-2H3. The van der Waals surface area contributed by atoms with Crippen LogP contribution in [0.15, 0.2) is 12.1 Å². The van der Waals surface area contributed by atoms with Gasteiger partial charge in [-0.3, -0.25) is 0 Å². The molecule has 0 saturated carbocycles. The van der Waals surface area contributed by atoms with Gasteiger partial charge in [-0.15, -0.1) is 0 Å². The van der Waals surface area contributed by atoms with E-state index in [9.17, 15) is 5.11 Å². The maximum Gasteiger partial charge on any atom is 0.119 e. The third-order valence-corrected chi connectivity index (χ3v) is 2.30. The molecule has 0 amide bonds. The molecule has 1 aromatic carbocycles. The van der Waals surface area contributed by atoms with Crippen LogP contribution in [0.25, 0.3) is 0 Å². The van der Waals surface area contributed by atoms with Gasteiger partial charge in [0.25, 0.3) is 0 Å². The largest absolute Gasteiger partial charge is 0.508 e. The van der Waals surface area contributed by atoms with Crippen LogP contribution in [0, 0.1) is 13.8 Å². The van der Waals surface area contributed by atoms with Crippen molar-refractivity contribution in [1.29, 1.82) is 0 Å². The fourth-order valence-electron chi connectivity index (χ4n) is 1.33. The van der Waals surface area contributed by atoms with Crippen LogP contribution in [-0.4, -0.2) is 16.8 Å². The lowest BCUT2D eigenvalue weighted by Crippen LogP contribution is -1.92. The summed E-state index contributed by atoms with van der Waals surface area (Å²) in [5.74, 6) is 0.344. The van der Waals surface area contributed by atoms with E-state index in [4.69, 9.17) is 5.11 Å². The fourth-order valence-corrected chi connectivity index (χ4v) is 1.33. The van der Waals surface area contributed by atoms with Gasteiger partial charge in [-0.2, -0.15) is 0 Å². The summed E-state index contributed by atoms with van der Waals surface area (Å²) < 4.78 is 0. The van der Waals surface area contributed by atoms with Crippen LogP contribution < -0.4 is 0 Å². The smallest absolute Gasteiger partial charge is 0.119 e. The summed E-state index contributed by atoms with van der Waals surface area (Å²) in [6, 6.07) is 3.77. The van der Waals surface area contributed by atoms with Crippen LogP contribution in [0.5, 0.6) is 5.75 Å². The second kappa shape index (κ2) is 4.28. The zero-order chi connectivity index (χ0) is 9.84. The van der Waals surface area contributed by atoms with Gasteiger partial charge in [-0.25, -0.2) is 0 Å². The molecule has 0 fully saturated rings. The van der Waals surface area contributed by atoms with Crippen LogP contribution in [0.2, 0.25) is 0 Å². The van der Waals surface area contributed by atoms with Crippen molar-refractivity contribution >= 4 is 0 Å². The van der Waals surface area contributed by atoms with Crippen molar-refractivity contribution in [3.05, 3.63) is 28.8 Å². The third kappa shape index (κ3) is 2.46. The number of rotatable bonds is 3. The van der Waals surface area contributed by atoms with Crippen molar-refractivity contribution in [2.75, 3.05) is 6.61 Å². The number of aliphatic hydroxyl groups is 1. The number of aliphatic hydroxyl groups excluding tert-OH is 1. The predicted octanol–water partition coefficient (Wildman–Crippen LogP) is 1.93. The van der Waals surface area contributed by atoms with Crippen LogP contribution in [0.3, 0.4) is 0 Å². The van der Waals surface area contributed by atoms with Crippen molar-refractivity contribution in [3.63, 3.8) is 0 Å². The van der Waals surface area contributed by atoms with E-state index in [1.807, 2.05) is 19.9 Å². The molecular formula is C11H16O2. The van der Waals surface area contributed by atoms with E-state index >= 15 is 0 Å². The lowest BCUT2D eigenvalue weighted by Gasteiger charge is -2.07. The number of benzene rings is 1. The second-order valence-electron chi connectivity index (χ2n) is 3.39. The second-order valence-corrected chi connectivity index (χ2v) is 3.39. The van der Waals surface area contributed by atoms with Gasteiger partial charge < -0.3 is 10.2 Å². The maximum atomic E-state index is 9.56. The Kier molecular flexibility index (Phi) is 3.32. The van der Waals surface area contributed by atoms with Gasteiger partial charge in [0.15, 0.2) is 0 Å². The molecule has 1 rings (SSSR count). The molecule has 2 N–H and O–H groups in total. The Hall–Kier alpha value is -1.02. The van der Waals surface area contributed by atoms with E-state index in [1.165, 1.54) is 5.56 Å². The predicted molar refractivity (Wildman–Crippen MR) is 53.0 cm³/mol. The molecular weight excluding hydrogens is 164 g/mol. The highest BCUT2D eigenvalue weighted by Crippen LogP contribution is 2.22. The molecule has 13 heavy (non-hydrogen) atoms. The average Bonchev–Trinajstić information content (AvgIpc) is 2.09. The summed E-state index contributed by atoms with van der Waals surface area (Å²) in [4.78, 5) is 0. The van der Waals surface area contributed by atoms with Crippen LogP contribution in [-0.2, 0) is 6.42 Å². The Bertz CT molecular complexity index is 292. The first kappa shape index (κ1) is 10.1. The van der Waals surface area contributed by atoms with E-state index in [1.54, 1.807) is 6.07 Å². The molecule has 2 nitrogen and oxygen atoms in total. The number of aromatic hydroxyl groups is 1. The molecule has 0 bridgehead atoms. The number of hydrogen-bond acceptors (Lipinski definition) is 2. The zero-order valence-electron chi connectivity index (χ0n) is 8.17. The molecule has 0 heterocycles. The van der Waals surface area contributed by atoms with Crippen LogP contribution >= 0.6 is 0 Å². The van der Waals surface area contributed by atoms with E-state index in [0.717, 1.165) is 17.5 Å². The Balaban J connectivity index is 2.88. The molecule has 0 aliphatic rings. The van der Waals surface area contributed by atoms with Gasteiger partial charge in [0.05, 0.1) is 0 Å². The molecule has 72 valence electrons. The van der Waals surface area contributed by atoms with Crippen molar-refractivity contribution in [2.45, 2.75) is 26.7 Å². The van der Waals surface area contributed by atoms with Crippen LogP contribution in [0.1, 0.15) is 23.1 Å². The van der Waals surface area contributed by atoms with E-state index in [-0.39, 0.29) is 6.61 Å². The molecule has 0 spiro atoms. The zero-order valence-corrected chi connectivity index (χ0v) is 8.17.